The molecule has 1 aromatic heterocycles. The lowest BCUT2D eigenvalue weighted by atomic mass is 10.2. The van der Waals surface area contributed by atoms with Crippen molar-refractivity contribution >= 4 is 27.3 Å². The van der Waals surface area contributed by atoms with Gasteiger partial charge in [0.25, 0.3) is 5.91 Å². The van der Waals surface area contributed by atoms with Gasteiger partial charge in [-0.3, -0.25) is 9.69 Å². The first-order chi connectivity index (χ1) is 12.9. The summed E-state index contributed by atoms with van der Waals surface area (Å²) < 4.78 is 25.7. The molecule has 6 nitrogen and oxygen atoms in total. The summed E-state index contributed by atoms with van der Waals surface area (Å²) in [6.07, 6.45) is 1.04. The van der Waals surface area contributed by atoms with Gasteiger partial charge in [-0.05, 0) is 36.1 Å². The van der Waals surface area contributed by atoms with Crippen LogP contribution in [0.5, 0.6) is 0 Å². The van der Waals surface area contributed by atoms with Gasteiger partial charge in [0, 0.05) is 57.3 Å². The highest BCUT2D eigenvalue weighted by molar-refractivity contribution is 7.89. The molecule has 0 bridgehead atoms. The number of piperazine rings is 1. The number of hydrogen-bond donors (Lipinski definition) is 0. The Morgan fingerprint density at radius 1 is 1.11 bits per heavy atom. The Balaban J connectivity index is 1.59. The lowest BCUT2D eigenvalue weighted by Gasteiger charge is -2.34. The van der Waals surface area contributed by atoms with Crippen LogP contribution in [0.4, 0.5) is 0 Å². The molecule has 3 rings (SSSR count). The highest BCUT2D eigenvalue weighted by Gasteiger charge is 2.24. The van der Waals surface area contributed by atoms with E-state index in [1.165, 1.54) is 31.1 Å². The molecule has 8 heteroatoms. The molecule has 2 aromatic rings. The maximum absolute atomic E-state index is 12.8. The molecule has 0 unspecified atom stereocenters. The molecule has 1 amide bonds. The zero-order valence-corrected chi connectivity index (χ0v) is 17.3. The molecule has 1 aliphatic heterocycles. The van der Waals surface area contributed by atoms with Gasteiger partial charge in [-0.2, -0.15) is 0 Å². The highest BCUT2D eigenvalue weighted by atomic mass is 32.2. The third kappa shape index (κ3) is 4.76. The van der Waals surface area contributed by atoms with E-state index >= 15 is 0 Å². The molecule has 0 saturated carbocycles. The third-order valence-electron chi connectivity index (χ3n) is 4.77. The van der Waals surface area contributed by atoms with E-state index in [0.29, 0.717) is 18.7 Å². The number of hydrogen-bond acceptors (Lipinski definition) is 5. The van der Waals surface area contributed by atoms with Crippen molar-refractivity contribution in [1.82, 2.24) is 14.1 Å². The van der Waals surface area contributed by atoms with Gasteiger partial charge >= 0.3 is 0 Å². The quantitative estimate of drug-likeness (QED) is 0.735. The van der Waals surface area contributed by atoms with Gasteiger partial charge in [0.05, 0.1) is 4.90 Å². The summed E-state index contributed by atoms with van der Waals surface area (Å²) in [7, 11) is -0.575. The Morgan fingerprint density at radius 2 is 1.85 bits per heavy atom. The number of amides is 1. The van der Waals surface area contributed by atoms with E-state index in [0.717, 1.165) is 30.4 Å². The lowest BCUT2D eigenvalue weighted by molar-refractivity contribution is 0.0638. The van der Waals surface area contributed by atoms with Gasteiger partial charge in [0.2, 0.25) is 10.0 Å². The average Bonchev–Trinajstić information content (AvgIpc) is 3.20. The molecule has 1 fully saturated rings. The highest BCUT2D eigenvalue weighted by Crippen LogP contribution is 2.17. The van der Waals surface area contributed by atoms with E-state index in [9.17, 15) is 13.2 Å². The second kappa shape index (κ2) is 8.52. The molecular formula is C19H25N3O3S2. The molecule has 0 N–H and O–H groups in total. The van der Waals surface area contributed by atoms with Crippen molar-refractivity contribution in [2.24, 2.45) is 0 Å². The SMILES string of the molecule is CN(C)S(=O)(=O)c1cccc(C(=O)N2CCN(CCc3cccs3)CC2)c1. The number of carbonyl (C=O) groups is 1. The van der Waals surface area contributed by atoms with Gasteiger partial charge in [-0.1, -0.05) is 12.1 Å². The lowest BCUT2D eigenvalue weighted by Crippen LogP contribution is -2.49. The van der Waals surface area contributed by atoms with Crippen LogP contribution < -0.4 is 0 Å². The Kier molecular flexibility index (Phi) is 6.31. The van der Waals surface area contributed by atoms with E-state index in [4.69, 9.17) is 0 Å². The number of benzene rings is 1. The monoisotopic (exact) mass is 407 g/mol. The Bertz CT molecular complexity index is 871. The Labute approximate surface area is 165 Å². The van der Waals surface area contributed by atoms with Gasteiger partial charge in [-0.25, -0.2) is 12.7 Å². The van der Waals surface area contributed by atoms with Crippen LogP contribution >= 0.6 is 11.3 Å². The molecule has 0 radical (unpaired) electrons. The Hall–Kier alpha value is -1.74. The summed E-state index contributed by atoms with van der Waals surface area (Å²) in [6.45, 7) is 4.00. The topological polar surface area (TPSA) is 60.9 Å². The molecule has 27 heavy (non-hydrogen) atoms. The molecule has 146 valence electrons. The summed E-state index contributed by atoms with van der Waals surface area (Å²) >= 11 is 1.78. The van der Waals surface area contributed by atoms with Crippen molar-refractivity contribution in [3.8, 4) is 0 Å². The largest absolute Gasteiger partial charge is 0.336 e. The number of nitrogens with zero attached hydrogens (tertiary/aromatic N) is 3. The predicted molar refractivity (Wildman–Crippen MR) is 108 cm³/mol. The van der Waals surface area contributed by atoms with Gasteiger partial charge in [-0.15, -0.1) is 11.3 Å². The molecule has 1 aliphatic rings. The van der Waals surface area contributed by atoms with Gasteiger partial charge < -0.3 is 4.90 Å². The molecule has 2 heterocycles. The minimum absolute atomic E-state index is 0.108. The van der Waals surface area contributed by atoms with Crippen LogP contribution in [-0.2, 0) is 16.4 Å². The Morgan fingerprint density at radius 3 is 2.48 bits per heavy atom. The van der Waals surface area contributed by atoms with Crippen LogP contribution in [0.3, 0.4) is 0 Å². The average molecular weight is 408 g/mol. The summed E-state index contributed by atoms with van der Waals surface area (Å²) in [4.78, 5) is 18.5. The molecule has 1 aromatic carbocycles. The minimum Gasteiger partial charge on any atom is -0.336 e. The molecule has 0 aliphatic carbocycles. The fourth-order valence-corrected chi connectivity index (χ4v) is 4.73. The predicted octanol–water partition coefficient (Wildman–Crippen LogP) is 2.00. The van der Waals surface area contributed by atoms with E-state index in [1.54, 1.807) is 23.5 Å². The summed E-state index contributed by atoms with van der Waals surface area (Å²) in [6, 6.07) is 10.5. The van der Waals surface area contributed by atoms with E-state index in [2.05, 4.69) is 22.4 Å². The zero-order valence-electron chi connectivity index (χ0n) is 15.7. The molecule has 1 saturated heterocycles. The van der Waals surface area contributed by atoms with E-state index in [1.807, 2.05) is 4.90 Å². The molecule has 0 spiro atoms. The van der Waals surface area contributed by atoms with E-state index < -0.39 is 10.0 Å². The van der Waals surface area contributed by atoms with E-state index in [-0.39, 0.29) is 10.8 Å². The van der Waals surface area contributed by atoms with Crippen molar-refractivity contribution in [2.45, 2.75) is 11.3 Å². The maximum atomic E-state index is 12.8. The number of thiophene rings is 1. The first kappa shape index (κ1) is 20.0. The van der Waals surface area contributed by atoms with Crippen LogP contribution in [0.15, 0.2) is 46.7 Å². The first-order valence-electron chi connectivity index (χ1n) is 8.94. The number of sulfonamides is 1. The number of carbonyl (C=O) groups excluding carboxylic acids is 1. The first-order valence-corrected chi connectivity index (χ1v) is 11.3. The third-order valence-corrected chi connectivity index (χ3v) is 7.52. The van der Waals surface area contributed by atoms with Crippen molar-refractivity contribution in [3.63, 3.8) is 0 Å². The zero-order chi connectivity index (χ0) is 19.4. The smallest absolute Gasteiger partial charge is 0.253 e. The summed E-state index contributed by atoms with van der Waals surface area (Å²) in [5.41, 5.74) is 0.421. The van der Waals surface area contributed by atoms with Crippen molar-refractivity contribution in [1.29, 1.82) is 0 Å². The van der Waals surface area contributed by atoms with Gasteiger partial charge in [0.15, 0.2) is 0 Å². The normalized spacial score (nSPS) is 16.0. The van der Waals surface area contributed by atoms with Crippen molar-refractivity contribution in [3.05, 3.63) is 52.2 Å². The fourth-order valence-electron chi connectivity index (χ4n) is 3.08. The van der Waals surface area contributed by atoms with Crippen molar-refractivity contribution in [2.75, 3.05) is 46.8 Å². The van der Waals surface area contributed by atoms with Crippen LogP contribution in [0.2, 0.25) is 0 Å². The number of rotatable bonds is 6. The standard InChI is InChI=1S/C19H25N3O3S2/c1-20(2)27(24,25)18-7-3-5-16(15-18)19(23)22-12-10-21(11-13-22)9-8-17-6-4-14-26-17/h3-7,14-15H,8-13H2,1-2H3. The van der Waals surface area contributed by atoms with Crippen LogP contribution in [0.1, 0.15) is 15.2 Å². The maximum Gasteiger partial charge on any atom is 0.253 e. The summed E-state index contributed by atoms with van der Waals surface area (Å²) in [5, 5.41) is 2.09. The second-order valence-electron chi connectivity index (χ2n) is 6.78. The second-order valence-corrected chi connectivity index (χ2v) is 9.96. The van der Waals surface area contributed by atoms with Crippen molar-refractivity contribution < 1.29 is 13.2 Å². The summed E-state index contributed by atoms with van der Waals surface area (Å²) in [5.74, 6) is -0.108. The fraction of sp³-hybridized carbons (Fsp3) is 0.421. The van der Waals surface area contributed by atoms with Gasteiger partial charge in [0.1, 0.15) is 0 Å². The van der Waals surface area contributed by atoms with Crippen LogP contribution in [-0.4, -0.2) is 75.2 Å². The molecule has 0 atom stereocenters. The van der Waals surface area contributed by atoms with Crippen LogP contribution in [0, 0.1) is 0 Å². The van der Waals surface area contributed by atoms with Crippen LogP contribution in [0.25, 0.3) is 0 Å². The minimum atomic E-state index is -3.55. The molecular weight excluding hydrogens is 382 g/mol.